The van der Waals surface area contributed by atoms with Crippen molar-refractivity contribution in [2.75, 3.05) is 39.9 Å². The van der Waals surface area contributed by atoms with Gasteiger partial charge in [0.15, 0.2) is 0 Å². The second-order valence-electron chi connectivity index (χ2n) is 6.05. The molecule has 0 aromatic rings. The molecular formula is C15H30N2O. The Morgan fingerprint density at radius 3 is 2.78 bits per heavy atom. The van der Waals surface area contributed by atoms with Gasteiger partial charge in [-0.3, -0.25) is 0 Å². The Bertz CT molecular complexity index is 215. The minimum atomic E-state index is 0.770. The van der Waals surface area contributed by atoms with Crippen LogP contribution >= 0.6 is 0 Å². The average Bonchev–Trinajstić information content (AvgIpc) is 2.89. The molecule has 1 saturated carbocycles. The van der Waals surface area contributed by atoms with E-state index in [0.717, 1.165) is 18.6 Å². The van der Waals surface area contributed by atoms with Crippen LogP contribution in [0.25, 0.3) is 0 Å². The number of nitrogens with zero attached hydrogens (tertiary/aromatic N) is 1. The predicted octanol–water partition coefficient (Wildman–Crippen LogP) is 2.27. The van der Waals surface area contributed by atoms with Crippen LogP contribution in [0, 0.1) is 5.92 Å². The summed E-state index contributed by atoms with van der Waals surface area (Å²) in [6.45, 7) is 5.95. The number of ether oxygens (including phenoxy) is 1. The van der Waals surface area contributed by atoms with E-state index < -0.39 is 0 Å². The minimum absolute atomic E-state index is 0.770. The lowest BCUT2D eigenvalue weighted by molar-refractivity contribution is 0.0900. The smallest absolute Gasteiger partial charge is 0.0502 e. The highest BCUT2D eigenvalue weighted by atomic mass is 16.5. The molecule has 2 aliphatic rings. The number of hydrogen-bond acceptors (Lipinski definition) is 3. The third-order valence-corrected chi connectivity index (χ3v) is 4.44. The highest BCUT2D eigenvalue weighted by Gasteiger charge is 2.19. The van der Waals surface area contributed by atoms with Gasteiger partial charge in [-0.15, -0.1) is 0 Å². The SMILES string of the molecule is COCC1CCCN(CCCNC2CCCC2)C1. The first-order chi connectivity index (χ1) is 8.88. The number of piperidine rings is 1. The largest absolute Gasteiger partial charge is 0.384 e. The molecule has 1 saturated heterocycles. The van der Waals surface area contributed by atoms with Crippen LogP contribution in [-0.4, -0.2) is 50.8 Å². The fraction of sp³-hybridized carbons (Fsp3) is 1.00. The summed E-state index contributed by atoms with van der Waals surface area (Å²) in [5.74, 6) is 0.770. The van der Waals surface area contributed by atoms with Crippen molar-refractivity contribution < 1.29 is 4.74 Å². The van der Waals surface area contributed by atoms with Crippen molar-refractivity contribution in [2.45, 2.75) is 51.0 Å². The second kappa shape index (κ2) is 8.13. The molecule has 0 aromatic carbocycles. The first-order valence-electron chi connectivity index (χ1n) is 7.83. The molecule has 0 spiro atoms. The summed E-state index contributed by atoms with van der Waals surface area (Å²) in [7, 11) is 1.82. The Kier molecular flexibility index (Phi) is 6.46. The molecule has 3 heteroatoms. The van der Waals surface area contributed by atoms with Gasteiger partial charge in [0.05, 0.1) is 6.61 Å². The van der Waals surface area contributed by atoms with Crippen molar-refractivity contribution in [3.63, 3.8) is 0 Å². The third kappa shape index (κ3) is 4.87. The van der Waals surface area contributed by atoms with Crippen molar-refractivity contribution in [2.24, 2.45) is 5.92 Å². The van der Waals surface area contributed by atoms with Gasteiger partial charge in [0.2, 0.25) is 0 Å². The Morgan fingerprint density at radius 1 is 1.17 bits per heavy atom. The van der Waals surface area contributed by atoms with E-state index in [1.54, 1.807) is 0 Å². The van der Waals surface area contributed by atoms with E-state index in [2.05, 4.69) is 10.2 Å². The Labute approximate surface area is 112 Å². The van der Waals surface area contributed by atoms with E-state index in [9.17, 15) is 0 Å². The molecule has 1 heterocycles. The number of methoxy groups -OCH3 is 1. The summed E-state index contributed by atoms with van der Waals surface area (Å²) in [4.78, 5) is 2.63. The zero-order valence-corrected chi connectivity index (χ0v) is 12.0. The summed E-state index contributed by atoms with van der Waals surface area (Å²) in [5, 5.41) is 3.71. The molecule has 1 aliphatic carbocycles. The average molecular weight is 254 g/mol. The lowest BCUT2D eigenvalue weighted by atomic mass is 9.99. The lowest BCUT2D eigenvalue weighted by Gasteiger charge is -2.32. The van der Waals surface area contributed by atoms with E-state index in [1.165, 1.54) is 71.1 Å². The van der Waals surface area contributed by atoms with Crippen LogP contribution in [0.1, 0.15) is 44.9 Å². The van der Waals surface area contributed by atoms with Crippen molar-refractivity contribution in [3.8, 4) is 0 Å². The summed E-state index contributed by atoms with van der Waals surface area (Å²) >= 11 is 0. The standard InChI is InChI=1S/C15H30N2O/c1-18-13-14-6-4-10-17(12-14)11-5-9-16-15-7-2-3-8-15/h14-16H,2-13H2,1H3. The topological polar surface area (TPSA) is 24.5 Å². The summed E-state index contributed by atoms with van der Waals surface area (Å²) in [5.41, 5.74) is 0. The van der Waals surface area contributed by atoms with E-state index >= 15 is 0 Å². The van der Waals surface area contributed by atoms with Gasteiger partial charge in [-0.2, -0.15) is 0 Å². The Balaban J connectivity index is 1.52. The van der Waals surface area contributed by atoms with Crippen LogP contribution in [-0.2, 0) is 4.74 Å². The van der Waals surface area contributed by atoms with Gasteiger partial charge in [0, 0.05) is 19.7 Å². The molecule has 106 valence electrons. The predicted molar refractivity (Wildman–Crippen MR) is 75.9 cm³/mol. The van der Waals surface area contributed by atoms with Crippen molar-refractivity contribution in [1.29, 1.82) is 0 Å². The summed E-state index contributed by atoms with van der Waals surface area (Å²) in [6, 6.07) is 0.826. The maximum Gasteiger partial charge on any atom is 0.0502 e. The lowest BCUT2D eigenvalue weighted by Crippen LogP contribution is -2.39. The van der Waals surface area contributed by atoms with Crippen LogP contribution in [0.15, 0.2) is 0 Å². The van der Waals surface area contributed by atoms with Gasteiger partial charge in [0.25, 0.3) is 0 Å². The minimum Gasteiger partial charge on any atom is -0.384 e. The van der Waals surface area contributed by atoms with Crippen molar-refractivity contribution in [1.82, 2.24) is 10.2 Å². The van der Waals surface area contributed by atoms with Crippen LogP contribution in [0.5, 0.6) is 0 Å². The van der Waals surface area contributed by atoms with Crippen LogP contribution in [0.4, 0.5) is 0 Å². The second-order valence-corrected chi connectivity index (χ2v) is 6.05. The molecule has 0 bridgehead atoms. The molecule has 1 aliphatic heterocycles. The molecule has 0 aromatic heterocycles. The molecule has 2 rings (SSSR count). The van der Waals surface area contributed by atoms with Crippen molar-refractivity contribution in [3.05, 3.63) is 0 Å². The van der Waals surface area contributed by atoms with Gasteiger partial charge in [-0.1, -0.05) is 12.8 Å². The van der Waals surface area contributed by atoms with Gasteiger partial charge >= 0.3 is 0 Å². The van der Waals surface area contributed by atoms with E-state index in [0.29, 0.717) is 0 Å². The zero-order valence-electron chi connectivity index (χ0n) is 12.0. The zero-order chi connectivity index (χ0) is 12.6. The quantitative estimate of drug-likeness (QED) is 0.705. The number of likely N-dealkylation sites (tertiary alicyclic amines) is 1. The fourth-order valence-corrected chi connectivity index (χ4v) is 3.46. The Morgan fingerprint density at radius 2 is 2.00 bits per heavy atom. The molecule has 1 atom stereocenters. The number of nitrogens with one attached hydrogen (secondary N) is 1. The molecule has 0 amide bonds. The highest BCUT2D eigenvalue weighted by molar-refractivity contribution is 4.75. The third-order valence-electron chi connectivity index (χ3n) is 4.44. The normalized spacial score (nSPS) is 26.8. The number of hydrogen-bond donors (Lipinski definition) is 1. The van der Waals surface area contributed by atoms with Gasteiger partial charge in [-0.05, 0) is 57.7 Å². The highest BCUT2D eigenvalue weighted by Crippen LogP contribution is 2.18. The van der Waals surface area contributed by atoms with Crippen molar-refractivity contribution >= 4 is 0 Å². The molecule has 2 fully saturated rings. The van der Waals surface area contributed by atoms with Crippen LogP contribution in [0.2, 0.25) is 0 Å². The maximum atomic E-state index is 5.28. The fourth-order valence-electron chi connectivity index (χ4n) is 3.46. The van der Waals surface area contributed by atoms with E-state index in [1.807, 2.05) is 7.11 Å². The first-order valence-corrected chi connectivity index (χ1v) is 7.83. The van der Waals surface area contributed by atoms with E-state index in [-0.39, 0.29) is 0 Å². The van der Waals surface area contributed by atoms with Gasteiger partial charge < -0.3 is 15.0 Å². The van der Waals surface area contributed by atoms with Crippen LogP contribution in [0.3, 0.4) is 0 Å². The first kappa shape index (κ1) is 14.3. The molecule has 1 N–H and O–H groups in total. The molecule has 3 nitrogen and oxygen atoms in total. The molecule has 18 heavy (non-hydrogen) atoms. The molecular weight excluding hydrogens is 224 g/mol. The summed E-state index contributed by atoms with van der Waals surface area (Å²) in [6.07, 6.45) is 9.68. The van der Waals surface area contributed by atoms with Crippen LogP contribution < -0.4 is 5.32 Å². The Hall–Kier alpha value is -0.120. The molecule has 1 unspecified atom stereocenters. The molecule has 0 radical (unpaired) electrons. The van der Waals surface area contributed by atoms with E-state index in [4.69, 9.17) is 4.74 Å². The van der Waals surface area contributed by atoms with Gasteiger partial charge in [-0.25, -0.2) is 0 Å². The maximum absolute atomic E-state index is 5.28. The number of rotatable bonds is 7. The monoisotopic (exact) mass is 254 g/mol. The summed E-state index contributed by atoms with van der Waals surface area (Å²) < 4.78 is 5.28. The van der Waals surface area contributed by atoms with Gasteiger partial charge in [0.1, 0.15) is 0 Å².